The van der Waals surface area contributed by atoms with Crippen LogP contribution in [0.15, 0.2) is 30.3 Å². The summed E-state index contributed by atoms with van der Waals surface area (Å²) in [5.74, 6) is -1.60. The number of carbonyl (C=O) groups excluding carboxylic acids is 1. The molecule has 0 aliphatic heterocycles. The molecule has 1 aliphatic rings. The van der Waals surface area contributed by atoms with Crippen molar-refractivity contribution < 1.29 is 18.3 Å². The first kappa shape index (κ1) is 16.6. The molecule has 2 aromatic rings. The van der Waals surface area contributed by atoms with Gasteiger partial charge in [-0.3, -0.25) is 4.79 Å². The standard InChI is InChI=1S/C17H14F2N4O2/c1-25-13-2-3-14(21-12-7-10(18)6-11(19)8-12)22-15(13)16(24)23-17(9-20)4-5-17/h2-3,6-8H,4-5H2,1H3,(H,21,22)(H,23,24). The Morgan fingerprint density at radius 1 is 1.28 bits per heavy atom. The van der Waals surface area contributed by atoms with Gasteiger partial charge in [-0.15, -0.1) is 0 Å². The second-order valence-electron chi connectivity index (χ2n) is 5.68. The summed E-state index contributed by atoms with van der Waals surface area (Å²) in [5, 5.41) is 14.4. The number of nitrogens with one attached hydrogen (secondary N) is 2. The van der Waals surface area contributed by atoms with Crippen LogP contribution in [-0.4, -0.2) is 23.5 Å². The van der Waals surface area contributed by atoms with E-state index in [4.69, 9.17) is 10.00 Å². The lowest BCUT2D eigenvalue weighted by Crippen LogP contribution is -2.36. The molecule has 128 valence electrons. The molecule has 25 heavy (non-hydrogen) atoms. The number of aromatic nitrogens is 1. The number of rotatable bonds is 5. The van der Waals surface area contributed by atoms with E-state index >= 15 is 0 Å². The second kappa shape index (κ2) is 6.36. The molecule has 3 rings (SSSR count). The maximum atomic E-state index is 13.3. The van der Waals surface area contributed by atoms with Crippen LogP contribution in [0.5, 0.6) is 5.75 Å². The summed E-state index contributed by atoms with van der Waals surface area (Å²) < 4.78 is 31.7. The van der Waals surface area contributed by atoms with Gasteiger partial charge < -0.3 is 15.4 Å². The van der Waals surface area contributed by atoms with Crippen LogP contribution in [0.4, 0.5) is 20.3 Å². The summed E-state index contributed by atoms with van der Waals surface area (Å²) in [6.45, 7) is 0. The number of carbonyl (C=O) groups is 1. The summed E-state index contributed by atoms with van der Waals surface area (Å²) in [5.41, 5.74) is -0.720. The van der Waals surface area contributed by atoms with E-state index in [-0.39, 0.29) is 22.9 Å². The number of nitrogens with zero attached hydrogens (tertiary/aromatic N) is 2. The summed E-state index contributed by atoms with van der Waals surface area (Å²) in [6, 6.07) is 8.03. The highest BCUT2D eigenvalue weighted by atomic mass is 19.1. The number of anilines is 2. The van der Waals surface area contributed by atoms with E-state index in [0.29, 0.717) is 12.8 Å². The van der Waals surface area contributed by atoms with Crippen molar-refractivity contribution >= 4 is 17.4 Å². The zero-order valence-corrected chi connectivity index (χ0v) is 13.3. The zero-order valence-electron chi connectivity index (χ0n) is 13.3. The maximum Gasteiger partial charge on any atom is 0.275 e. The van der Waals surface area contributed by atoms with Crippen molar-refractivity contribution in [2.75, 3.05) is 12.4 Å². The molecule has 0 bridgehead atoms. The number of hydrogen-bond donors (Lipinski definition) is 2. The number of ether oxygens (including phenoxy) is 1. The van der Waals surface area contributed by atoms with E-state index in [0.717, 1.165) is 18.2 Å². The fraction of sp³-hybridized carbons (Fsp3) is 0.235. The SMILES string of the molecule is COc1ccc(Nc2cc(F)cc(F)c2)nc1C(=O)NC1(C#N)CC1. The average Bonchev–Trinajstić information content (AvgIpc) is 3.34. The van der Waals surface area contributed by atoms with Crippen molar-refractivity contribution in [2.24, 2.45) is 0 Å². The topological polar surface area (TPSA) is 87.0 Å². The molecule has 8 heteroatoms. The summed E-state index contributed by atoms with van der Waals surface area (Å²) >= 11 is 0. The third-order valence-corrected chi connectivity index (χ3v) is 3.75. The molecule has 6 nitrogen and oxygen atoms in total. The van der Waals surface area contributed by atoms with Gasteiger partial charge in [-0.05, 0) is 37.1 Å². The Morgan fingerprint density at radius 3 is 2.52 bits per heavy atom. The fourth-order valence-corrected chi connectivity index (χ4v) is 2.28. The molecular formula is C17H14F2N4O2. The molecule has 0 saturated heterocycles. The molecule has 0 atom stereocenters. The summed E-state index contributed by atoms with van der Waals surface area (Å²) in [4.78, 5) is 16.5. The van der Waals surface area contributed by atoms with E-state index in [9.17, 15) is 13.6 Å². The number of amides is 1. The van der Waals surface area contributed by atoms with Gasteiger partial charge in [0.25, 0.3) is 5.91 Å². The number of benzene rings is 1. The molecular weight excluding hydrogens is 330 g/mol. The molecule has 1 fully saturated rings. The van der Waals surface area contributed by atoms with Gasteiger partial charge in [0.05, 0.1) is 13.2 Å². The van der Waals surface area contributed by atoms with Gasteiger partial charge >= 0.3 is 0 Å². The highest BCUT2D eigenvalue weighted by molar-refractivity contribution is 5.96. The fourth-order valence-electron chi connectivity index (χ4n) is 2.28. The lowest BCUT2D eigenvalue weighted by Gasteiger charge is -2.13. The minimum atomic E-state index is -0.848. The zero-order chi connectivity index (χ0) is 18.0. The molecule has 1 saturated carbocycles. The van der Waals surface area contributed by atoms with Crippen molar-refractivity contribution in [3.63, 3.8) is 0 Å². The minimum absolute atomic E-state index is 0.0223. The van der Waals surface area contributed by atoms with Crippen molar-refractivity contribution in [1.29, 1.82) is 5.26 Å². The van der Waals surface area contributed by atoms with Crippen LogP contribution in [0.25, 0.3) is 0 Å². The van der Waals surface area contributed by atoms with Crippen LogP contribution in [0.2, 0.25) is 0 Å². The van der Waals surface area contributed by atoms with Crippen LogP contribution in [0.3, 0.4) is 0 Å². The summed E-state index contributed by atoms with van der Waals surface area (Å²) in [6.07, 6.45) is 1.16. The number of pyridine rings is 1. The van der Waals surface area contributed by atoms with E-state index in [1.807, 2.05) is 0 Å². The first-order valence-electron chi connectivity index (χ1n) is 7.47. The van der Waals surface area contributed by atoms with Crippen LogP contribution in [-0.2, 0) is 0 Å². The molecule has 0 radical (unpaired) electrons. The van der Waals surface area contributed by atoms with Crippen LogP contribution in [0, 0.1) is 23.0 Å². The van der Waals surface area contributed by atoms with Crippen molar-refractivity contribution in [3.05, 3.63) is 47.7 Å². The van der Waals surface area contributed by atoms with E-state index in [1.165, 1.54) is 19.2 Å². The van der Waals surface area contributed by atoms with Gasteiger partial charge in [-0.1, -0.05) is 0 Å². The Bertz CT molecular complexity index is 855. The van der Waals surface area contributed by atoms with Gasteiger partial charge in [0.2, 0.25) is 0 Å². The molecule has 1 aromatic carbocycles. The lowest BCUT2D eigenvalue weighted by atomic mass is 10.2. The number of methoxy groups -OCH3 is 1. The Morgan fingerprint density at radius 2 is 1.96 bits per heavy atom. The lowest BCUT2D eigenvalue weighted by molar-refractivity contribution is 0.0933. The molecule has 0 spiro atoms. The smallest absolute Gasteiger partial charge is 0.275 e. The highest BCUT2D eigenvalue weighted by Crippen LogP contribution is 2.35. The van der Waals surface area contributed by atoms with Gasteiger partial charge in [0, 0.05) is 11.8 Å². The largest absolute Gasteiger partial charge is 0.494 e. The number of halogens is 2. The van der Waals surface area contributed by atoms with Crippen molar-refractivity contribution in [2.45, 2.75) is 18.4 Å². The van der Waals surface area contributed by atoms with Gasteiger partial charge in [-0.25, -0.2) is 13.8 Å². The van der Waals surface area contributed by atoms with Crippen LogP contribution >= 0.6 is 0 Å². The third-order valence-electron chi connectivity index (χ3n) is 3.75. The minimum Gasteiger partial charge on any atom is -0.494 e. The average molecular weight is 344 g/mol. The van der Waals surface area contributed by atoms with Gasteiger partial charge in [-0.2, -0.15) is 5.26 Å². The first-order chi connectivity index (χ1) is 11.9. The molecule has 1 aliphatic carbocycles. The molecule has 0 unspecified atom stereocenters. The molecule has 1 heterocycles. The van der Waals surface area contributed by atoms with E-state index < -0.39 is 23.1 Å². The third kappa shape index (κ3) is 3.66. The number of nitriles is 1. The molecule has 2 N–H and O–H groups in total. The molecule has 1 aromatic heterocycles. The van der Waals surface area contributed by atoms with Gasteiger partial charge in [0.1, 0.15) is 28.7 Å². The van der Waals surface area contributed by atoms with Crippen LogP contribution in [0.1, 0.15) is 23.3 Å². The molecule has 1 amide bonds. The predicted octanol–water partition coefficient (Wildman–Crippen LogP) is 2.90. The number of hydrogen-bond acceptors (Lipinski definition) is 5. The predicted molar refractivity (Wildman–Crippen MR) is 85.5 cm³/mol. The monoisotopic (exact) mass is 344 g/mol. The van der Waals surface area contributed by atoms with Gasteiger partial charge in [0.15, 0.2) is 5.69 Å². The second-order valence-corrected chi connectivity index (χ2v) is 5.68. The van der Waals surface area contributed by atoms with Crippen molar-refractivity contribution in [3.8, 4) is 11.8 Å². The first-order valence-corrected chi connectivity index (χ1v) is 7.47. The Labute approximate surface area is 142 Å². The highest BCUT2D eigenvalue weighted by Gasteiger charge is 2.45. The van der Waals surface area contributed by atoms with Crippen molar-refractivity contribution in [1.82, 2.24) is 10.3 Å². The van der Waals surface area contributed by atoms with Crippen LogP contribution < -0.4 is 15.4 Å². The normalized spacial score (nSPS) is 14.3. The Hall–Kier alpha value is -3.21. The van der Waals surface area contributed by atoms with E-state index in [2.05, 4.69) is 21.7 Å². The quantitative estimate of drug-likeness (QED) is 0.871. The Kier molecular flexibility index (Phi) is 4.23. The summed E-state index contributed by atoms with van der Waals surface area (Å²) in [7, 11) is 1.39. The van der Waals surface area contributed by atoms with E-state index in [1.54, 1.807) is 0 Å². The maximum absolute atomic E-state index is 13.3. The Balaban J connectivity index is 1.87.